The van der Waals surface area contributed by atoms with Gasteiger partial charge in [-0.05, 0) is 30.6 Å². The molecular formula is C24H50. The summed E-state index contributed by atoms with van der Waals surface area (Å²) in [6.07, 6.45) is 24.5. The van der Waals surface area contributed by atoms with Gasteiger partial charge in [0.2, 0.25) is 0 Å². The summed E-state index contributed by atoms with van der Waals surface area (Å²) < 4.78 is 0. The molecular weight excluding hydrogens is 288 g/mol. The summed E-state index contributed by atoms with van der Waals surface area (Å²) in [4.78, 5) is 0. The van der Waals surface area contributed by atoms with Crippen LogP contribution in [0.2, 0.25) is 0 Å². The first-order valence-corrected chi connectivity index (χ1v) is 11.6. The van der Waals surface area contributed by atoms with Crippen molar-refractivity contribution in [3.63, 3.8) is 0 Å². The largest absolute Gasteiger partial charge is 0.0654 e. The first-order chi connectivity index (χ1) is 11.6. The quantitative estimate of drug-likeness (QED) is 0.218. The summed E-state index contributed by atoms with van der Waals surface area (Å²) in [5, 5.41) is 0. The van der Waals surface area contributed by atoms with E-state index in [9.17, 15) is 0 Å². The van der Waals surface area contributed by atoms with Crippen LogP contribution in [0.4, 0.5) is 0 Å². The van der Waals surface area contributed by atoms with E-state index in [1.807, 2.05) is 0 Å². The predicted molar refractivity (Wildman–Crippen MR) is 113 cm³/mol. The molecule has 0 aliphatic rings. The minimum absolute atomic E-state index is 0.559. The Morgan fingerprint density at radius 1 is 0.500 bits per heavy atom. The topological polar surface area (TPSA) is 0 Å². The fourth-order valence-corrected chi connectivity index (χ4v) is 4.13. The Balaban J connectivity index is 4.24. The van der Waals surface area contributed by atoms with Crippen molar-refractivity contribution in [3.05, 3.63) is 0 Å². The molecule has 0 saturated heterocycles. The van der Waals surface area contributed by atoms with Gasteiger partial charge in [-0.3, -0.25) is 0 Å². The van der Waals surface area contributed by atoms with E-state index in [4.69, 9.17) is 0 Å². The third-order valence-corrected chi connectivity index (χ3v) is 6.09. The molecule has 0 spiro atoms. The van der Waals surface area contributed by atoms with E-state index in [0.717, 1.165) is 5.92 Å². The van der Waals surface area contributed by atoms with E-state index >= 15 is 0 Å². The lowest BCUT2D eigenvalue weighted by molar-refractivity contribution is 0.158. The molecule has 0 heterocycles. The molecule has 0 nitrogen and oxygen atoms in total. The fourth-order valence-electron chi connectivity index (χ4n) is 4.13. The van der Waals surface area contributed by atoms with Crippen LogP contribution in [0.15, 0.2) is 0 Å². The second kappa shape index (κ2) is 16.5. The van der Waals surface area contributed by atoms with Gasteiger partial charge in [-0.2, -0.15) is 0 Å². The lowest BCUT2D eigenvalue weighted by Crippen LogP contribution is -2.24. The van der Waals surface area contributed by atoms with Crippen LogP contribution in [0.5, 0.6) is 0 Å². The maximum atomic E-state index is 2.57. The molecule has 0 radical (unpaired) electrons. The van der Waals surface area contributed by atoms with Crippen LogP contribution in [0.3, 0.4) is 0 Å². The van der Waals surface area contributed by atoms with Crippen molar-refractivity contribution in [3.8, 4) is 0 Å². The van der Waals surface area contributed by atoms with Crippen molar-refractivity contribution in [2.45, 2.75) is 144 Å². The maximum Gasteiger partial charge on any atom is -0.0326 e. The molecule has 24 heavy (non-hydrogen) atoms. The second-order valence-electron chi connectivity index (χ2n) is 8.90. The summed E-state index contributed by atoms with van der Waals surface area (Å²) in [6.45, 7) is 12.1. The summed E-state index contributed by atoms with van der Waals surface area (Å²) >= 11 is 0. The number of rotatable bonds is 18. The van der Waals surface area contributed by atoms with E-state index in [1.54, 1.807) is 0 Å². The average Bonchev–Trinajstić information content (AvgIpc) is 2.56. The summed E-state index contributed by atoms with van der Waals surface area (Å²) in [5.74, 6) is 0.961. The van der Waals surface area contributed by atoms with Crippen LogP contribution in [0.25, 0.3) is 0 Å². The smallest absolute Gasteiger partial charge is 0.0326 e. The number of hydrogen-bond donors (Lipinski definition) is 0. The Kier molecular flexibility index (Phi) is 16.5. The van der Waals surface area contributed by atoms with Crippen molar-refractivity contribution in [1.29, 1.82) is 0 Å². The highest BCUT2D eigenvalue weighted by atomic mass is 14.3. The standard InChI is InChI=1S/C24H50/c1-6-9-12-15-17-20-23(21-18-16-13-10-7-2)24(4,5)22-19-14-11-8-3/h23H,6-22H2,1-5H3. The van der Waals surface area contributed by atoms with Gasteiger partial charge in [-0.1, -0.05) is 125 Å². The zero-order chi connectivity index (χ0) is 18.1. The van der Waals surface area contributed by atoms with Crippen LogP contribution in [-0.2, 0) is 0 Å². The minimum atomic E-state index is 0.559. The number of unbranched alkanes of at least 4 members (excludes halogenated alkanes) is 11. The van der Waals surface area contributed by atoms with Crippen molar-refractivity contribution < 1.29 is 0 Å². The zero-order valence-corrected chi connectivity index (χ0v) is 18.1. The average molecular weight is 339 g/mol. The molecule has 0 aromatic rings. The molecule has 146 valence electrons. The highest BCUT2D eigenvalue weighted by Gasteiger charge is 2.27. The second-order valence-corrected chi connectivity index (χ2v) is 8.90. The molecule has 0 bridgehead atoms. The van der Waals surface area contributed by atoms with Crippen molar-refractivity contribution in [1.82, 2.24) is 0 Å². The Bertz CT molecular complexity index is 226. The maximum absolute atomic E-state index is 2.57. The lowest BCUT2D eigenvalue weighted by atomic mass is 9.70. The first-order valence-electron chi connectivity index (χ1n) is 11.6. The van der Waals surface area contributed by atoms with E-state index in [2.05, 4.69) is 34.6 Å². The van der Waals surface area contributed by atoms with Gasteiger partial charge in [0.15, 0.2) is 0 Å². The third-order valence-electron chi connectivity index (χ3n) is 6.09. The van der Waals surface area contributed by atoms with Crippen LogP contribution in [0.1, 0.15) is 144 Å². The van der Waals surface area contributed by atoms with Gasteiger partial charge in [0.05, 0.1) is 0 Å². The summed E-state index contributed by atoms with van der Waals surface area (Å²) in [7, 11) is 0. The van der Waals surface area contributed by atoms with Crippen LogP contribution >= 0.6 is 0 Å². The Morgan fingerprint density at radius 2 is 0.875 bits per heavy atom. The fraction of sp³-hybridized carbons (Fsp3) is 1.00. The molecule has 0 N–H and O–H groups in total. The van der Waals surface area contributed by atoms with E-state index in [-0.39, 0.29) is 0 Å². The molecule has 0 aromatic carbocycles. The van der Waals surface area contributed by atoms with Crippen LogP contribution in [0, 0.1) is 11.3 Å². The summed E-state index contributed by atoms with van der Waals surface area (Å²) in [6, 6.07) is 0. The Labute approximate surface area is 155 Å². The molecule has 0 amide bonds. The molecule has 0 aliphatic heterocycles. The van der Waals surface area contributed by atoms with E-state index in [0.29, 0.717) is 5.41 Å². The number of hydrogen-bond acceptors (Lipinski definition) is 0. The molecule has 0 heteroatoms. The molecule has 0 saturated carbocycles. The highest BCUT2D eigenvalue weighted by molar-refractivity contribution is 4.79. The SMILES string of the molecule is CCCCCCCC(CCCCCCC)C(C)(C)CCCCCC. The van der Waals surface area contributed by atoms with Gasteiger partial charge >= 0.3 is 0 Å². The van der Waals surface area contributed by atoms with Gasteiger partial charge in [-0.25, -0.2) is 0 Å². The molecule has 0 fully saturated rings. The summed E-state index contributed by atoms with van der Waals surface area (Å²) in [5.41, 5.74) is 0.559. The van der Waals surface area contributed by atoms with Crippen LogP contribution in [-0.4, -0.2) is 0 Å². The minimum Gasteiger partial charge on any atom is -0.0654 e. The normalized spacial score (nSPS) is 12.2. The van der Waals surface area contributed by atoms with E-state index < -0.39 is 0 Å². The van der Waals surface area contributed by atoms with Crippen molar-refractivity contribution >= 4 is 0 Å². The molecule has 0 unspecified atom stereocenters. The van der Waals surface area contributed by atoms with Gasteiger partial charge in [-0.15, -0.1) is 0 Å². The van der Waals surface area contributed by atoms with Gasteiger partial charge in [0.25, 0.3) is 0 Å². The van der Waals surface area contributed by atoms with Gasteiger partial charge < -0.3 is 0 Å². The molecule has 0 aromatic heterocycles. The molecule has 0 rings (SSSR count). The first kappa shape index (κ1) is 24.0. The molecule has 0 atom stereocenters. The highest BCUT2D eigenvalue weighted by Crippen LogP contribution is 2.39. The lowest BCUT2D eigenvalue weighted by Gasteiger charge is -2.35. The Hall–Kier alpha value is 0. The van der Waals surface area contributed by atoms with Crippen molar-refractivity contribution in [2.75, 3.05) is 0 Å². The van der Waals surface area contributed by atoms with Crippen molar-refractivity contribution in [2.24, 2.45) is 11.3 Å². The Morgan fingerprint density at radius 3 is 1.29 bits per heavy atom. The van der Waals surface area contributed by atoms with Gasteiger partial charge in [0, 0.05) is 0 Å². The zero-order valence-electron chi connectivity index (χ0n) is 18.1. The monoisotopic (exact) mass is 338 g/mol. The predicted octanol–water partition coefficient (Wildman–Crippen LogP) is 9.32. The molecule has 0 aliphatic carbocycles. The van der Waals surface area contributed by atoms with Gasteiger partial charge in [0.1, 0.15) is 0 Å². The van der Waals surface area contributed by atoms with E-state index in [1.165, 1.54) is 109 Å². The van der Waals surface area contributed by atoms with Crippen LogP contribution < -0.4 is 0 Å². The third kappa shape index (κ3) is 13.3.